The fourth-order valence-corrected chi connectivity index (χ4v) is 2.70. The Labute approximate surface area is 129 Å². The van der Waals surface area contributed by atoms with Gasteiger partial charge in [-0.05, 0) is 48.9 Å². The summed E-state index contributed by atoms with van der Waals surface area (Å²) < 4.78 is 28.9. The van der Waals surface area contributed by atoms with Crippen LogP contribution in [-0.2, 0) is 16.3 Å². The monoisotopic (exact) mass is 325 g/mol. The van der Waals surface area contributed by atoms with Gasteiger partial charge in [0.2, 0.25) is 0 Å². The molecular formula is C15H16ClNO3S. The Balaban J connectivity index is 2.36. The third-order valence-electron chi connectivity index (χ3n) is 2.90. The first-order valence-electron chi connectivity index (χ1n) is 6.36. The third kappa shape index (κ3) is 4.20. The Hall–Kier alpha value is -1.56. The molecule has 2 aromatic rings. The molecule has 0 aliphatic carbocycles. The summed E-state index contributed by atoms with van der Waals surface area (Å²) in [6, 6.07) is 11.7. The summed E-state index contributed by atoms with van der Waals surface area (Å²) in [6.45, 7) is 0.487. The van der Waals surface area contributed by atoms with Gasteiger partial charge in [0, 0.05) is 11.3 Å². The molecular weight excluding hydrogens is 310 g/mol. The Bertz CT molecular complexity index is 744. The largest absolute Gasteiger partial charge is 0.457 e. The molecule has 2 aromatic carbocycles. The van der Waals surface area contributed by atoms with Crippen LogP contribution in [0.1, 0.15) is 5.56 Å². The summed E-state index contributed by atoms with van der Waals surface area (Å²) in [6.07, 6.45) is 1.81. The maximum atomic E-state index is 11.6. The van der Waals surface area contributed by atoms with Crippen molar-refractivity contribution >= 4 is 21.4 Å². The maximum Gasteiger partial charge on any atom is 0.175 e. The van der Waals surface area contributed by atoms with Crippen molar-refractivity contribution in [3.05, 3.63) is 53.1 Å². The van der Waals surface area contributed by atoms with Crippen molar-refractivity contribution in [1.29, 1.82) is 0 Å². The Morgan fingerprint density at radius 2 is 1.95 bits per heavy atom. The Kier molecular flexibility index (Phi) is 4.88. The summed E-state index contributed by atoms with van der Waals surface area (Å²) in [5.41, 5.74) is 6.50. The second-order valence-corrected chi connectivity index (χ2v) is 7.09. The third-order valence-corrected chi connectivity index (χ3v) is 4.25. The van der Waals surface area contributed by atoms with E-state index in [-0.39, 0.29) is 4.90 Å². The van der Waals surface area contributed by atoms with Gasteiger partial charge in [-0.25, -0.2) is 8.42 Å². The van der Waals surface area contributed by atoms with E-state index in [1.165, 1.54) is 12.1 Å². The number of benzene rings is 2. The fraction of sp³-hybridized carbons (Fsp3) is 0.200. The first-order chi connectivity index (χ1) is 9.90. The number of nitrogens with two attached hydrogens (primary N) is 1. The zero-order valence-corrected chi connectivity index (χ0v) is 13.1. The number of hydrogen-bond donors (Lipinski definition) is 1. The summed E-state index contributed by atoms with van der Waals surface area (Å²) in [7, 11) is -3.27. The van der Waals surface area contributed by atoms with E-state index in [9.17, 15) is 8.42 Å². The van der Waals surface area contributed by atoms with E-state index in [0.29, 0.717) is 29.5 Å². The first-order valence-corrected chi connectivity index (χ1v) is 8.63. The summed E-state index contributed by atoms with van der Waals surface area (Å²) in [5, 5.41) is 0.546. The minimum atomic E-state index is -3.27. The fourth-order valence-electron chi connectivity index (χ4n) is 1.88. The van der Waals surface area contributed by atoms with Gasteiger partial charge >= 0.3 is 0 Å². The van der Waals surface area contributed by atoms with Crippen molar-refractivity contribution in [3.8, 4) is 11.5 Å². The second-order valence-electron chi connectivity index (χ2n) is 4.64. The molecule has 0 spiro atoms. The van der Waals surface area contributed by atoms with Crippen LogP contribution in [0.3, 0.4) is 0 Å². The van der Waals surface area contributed by atoms with Gasteiger partial charge < -0.3 is 10.5 Å². The molecule has 0 saturated carbocycles. The summed E-state index contributed by atoms with van der Waals surface area (Å²) in [5.74, 6) is 1.03. The first kappa shape index (κ1) is 15.8. The average Bonchev–Trinajstić information content (AvgIpc) is 2.41. The molecule has 0 aliphatic rings. The molecule has 0 saturated heterocycles. The number of ether oxygens (including phenoxy) is 1. The van der Waals surface area contributed by atoms with Crippen molar-refractivity contribution in [1.82, 2.24) is 0 Å². The molecule has 0 bridgehead atoms. The molecule has 21 heavy (non-hydrogen) atoms. The second kappa shape index (κ2) is 6.47. The molecule has 0 heterocycles. The normalized spacial score (nSPS) is 11.4. The Morgan fingerprint density at radius 3 is 2.62 bits per heavy atom. The van der Waals surface area contributed by atoms with E-state index in [2.05, 4.69) is 0 Å². The van der Waals surface area contributed by atoms with Gasteiger partial charge in [0.15, 0.2) is 9.84 Å². The number of halogens is 1. The predicted molar refractivity (Wildman–Crippen MR) is 83.8 cm³/mol. The van der Waals surface area contributed by atoms with E-state index < -0.39 is 9.84 Å². The highest BCUT2D eigenvalue weighted by molar-refractivity contribution is 7.90. The van der Waals surface area contributed by atoms with Gasteiger partial charge in [-0.15, -0.1) is 0 Å². The highest BCUT2D eigenvalue weighted by Gasteiger charge is 2.10. The van der Waals surface area contributed by atoms with E-state index in [4.69, 9.17) is 22.1 Å². The summed E-state index contributed by atoms with van der Waals surface area (Å²) in [4.78, 5) is 0.211. The van der Waals surface area contributed by atoms with Gasteiger partial charge in [-0.2, -0.15) is 0 Å². The zero-order valence-electron chi connectivity index (χ0n) is 11.5. The average molecular weight is 326 g/mol. The van der Waals surface area contributed by atoms with Gasteiger partial charge in [0.25, 0.3) is 0 Å². The lowest BCUT2D eigenvalue weighted by Gasteiger charge is -2.12. The van der Waals surface area contributed by atoms with E-state index in [1.807, 2.05) is 6.07 Å². The van der Waals surface area contributed by atoms with Crippen molar-refractivity contribution in [2.75, 3.05) is 12.8 Å². The van der Waals surface area contributed by atoms with E-state index >= 15 is 0 Å². The predicted octanol–water partition coefficient (Wildman–Crippen LogP) is 3.04. The van der Waals surface area contributed by atoms with Crippen LogP contribution >= 0.6 is 11.6 Å². The molecule has 0 aliphatic heterocycles. The van der Waals surface area contributed by atoms with Crippen molar-refractivity contribution in [2.24, 2.45) is 5.73 Å². The van der Waals surface area contributed by atoms with Crippen LogP contribution < -0.4 is 10.5 Å². The van der Waals surface area contributed by atoms with Gasteiger partial charge in [-0.3, -0.25) is 0 Å². The molecule has 6 heteroatoms. The SMILES string of the molecule is CS(=O)(=O)c1cccc(Oc2cc(Cl)ccc2CCN)c1. The Morgan fingerprint density at radius 1 is 1.19 bits per heavy atom. The number of hydrogen-bond acceptors (Lipinski definition) is 4. The van der Waals surface area contributed by atoms with Gasteiger partial charge in [0.1, 0.15) is 11.5 Å². The molecule has 2 rings (SSSR count). The molecule has 0 amide bonds. The van der Waals surface area contributed by atoms with Gasteiger partial charge in [0.05, 0.1) is 4.90 Å². The molecule has 0 atom stereocenters. The number of rotatable bonds is 5. The highest BCUT2D eigenvalue weighted by atomic mass is 35.5. The molecule has 0 unspecified atom stereocenters. The lowest BCUT2D eigenvalue weighted by molar-refractivity contribution is 0.474. The van der Waals surface area contributed by atoms with Crippen LogP contribution in [0.15, 0.2) is 47.4 Å². The van der Waals surface area contributed by atoms with Crippen LogP contribution in [0, 0.1) is 0 Å². The van der Waals surface area contributed by atoms with Crippen molar-refractivity contribution in [3.63, 3.8) is 0 Å². The minimum absolute atomic E-state index is 0.211. The van der Waals surface area contributed by atoms with E-state index in [1.54, 1.807) is 24.3 Å². The lowest BCUT2D eigenvalue weighted by Crippen LogP contribution is -2.04. The molecule has 0 radical (unpaired) electrons. The van der Waals surface area contributed by atoms with Crippen LogP contribution in [-0.4, -0.2) is 21.2 Å². The lowest BCUT2D eigenvalue weighted by atomic mass is 10.1. The topological polar surface area (TPSA) is 69.4 Å². The van der Waals surface area contributed by atoms with Crippen molar-refractivity contribution in [2.45, 2.75) is 11.3 Å². The molecule has 0 fully saturated rings. The molecule has 4 nitrogen and oxygen atoms in total. The zero-order chi connectivity index (χ0) is 15.5. The van der Waals surface area contributed by atoms with Crippen LogP contribution in [0.5, 0.6) is 11.5 Å². The minimum Gasteiger partial charge on any atom is -0.457 e. The standard InChI is InChI=1S/C15H16ClNO3S/c1-21(18,19)14-4-2-3-13(10-14)20-15-9-12(16)6-5-11(15)7-8-17/h2-6,9-10H,7-8,17H2,1H3. The van der Waals surface area contributed by atoms with Gasteiger partial charge in [-0.1, -0.05) is 23.7 Å². The van der Waals surface area contributed by atoms with Crippen LogP contribution in [0.25, 0.3) is 0 Å². The van der Waals surface area contributed by atoms with E-state index in [0.717, 1.165) is 11.8 Å². The molecule has 112 valence electrons. The number of sulfone groups is 1. The molecule has 2 N–H and O–H groups in total. The summed E-state index contributed by atoms with van der Waals surface area (Å²) >= 11 is 5.98. The van der Waals surface area contributed by atoms with Crippen LogP contribution in [0.2, 0.25) is 5.02 Å². The highest BCUT2D eigenvalue weighted by Crippen LogP contribution is 2.29. The van der Waals surface area contributed by atoms with Crippen molar-refractivity contribution < 1.29 is 13.2 Å². The maximum absolute atomic E-state index is 11.6. The quantitative estimate of drug-likeness (QED) is 0.917. The smallest absolute Gasteiger partial charge is 0.175 e. The van der Waals surface area contributed by atoms with Crippen LogP contribution in [0.4, 0.5) is 0 Å². The molecule has 0 aromatic heterocycles.